The minimum Gasteiger partial charge on any atom is -0.476 e. The van der Waals surface area contributed by atoms with Crippen LogP contribution in [0.1, 0.15) is 40.1 Å². The number of rotatable bonds is 4. The van der Waals surface area contributed by atoms with Gasteiger partial charge in [0.05, 0.1) is 0 Å². The van der Waals surface area contributed by atoms with E-state index < -0.39 is 5.97 Å². The van der Waals surface area contributed by atoms with Crippen molar-refractivity contribution in [3.8, 4) is 0 Å². The van der Waals surface area contributed by atoms with Crippen molar-refractivity contribution in [2.45, 2.75) is 25.8 Å². The Bertz CT molecular complexity index is 495. The number of aromatic nitrogens is 1. The lowest BCUT2D eigenvalue weighted by atomic mass is 10.0. The fourth-order valence-electron chi connectivity index (χ4n) is 2.41. The van der Waals surface area contributed by atoms with E-state index >= 15 is 0 Å². The van der Waals surface area contributed by atoms with Crippen LogP contribution >= 0.6 is 11.3 Å². The van der Waals surface area contributed by atoms with E-state index in [0.717, 1.165) is 43.8 Å². The van der Waals surface area contributed by atoms with Crippen LogP contribution in [-0.2, 0) is 0 Å². The Morgan fingerprint density at radius 3 is 2.65 bits per heavy atom. The molecule has 2 rings (SSSR count). The van der Waals surface area contributed by atoms with Crippen LogP contribution in [0.5, 0.6) is 0 Å². The molecule has 6 nitrogen and oxygen atoms in total. The predicted octanol–water partition coefficient (Wildman–Crippen LogP) is 1.40. The van der Waals surface area contributed by atoms with Gasteiger partial charge in [-0.25, -0.2) is 9.78 Å². The molecular weight excluding hydrogens is 278 g/mol. The minimum absolute atomic E-state index is 0.0625. The molecule has 20 heavy (non-hydrogen) atoms. The standard InChI is InChI=1S/C13H19N3O3S/c1-3-16-6-4-9(5-7-16)15(2)12(17)11-14-10(8-20-11)13(18)19/h8-9H,3-7H2,1-2H3,(H,18,19). The molecule has 0 radical (unpaired) electrons. The number of carboxylic acids is 1. The average molecular weight is 297 g/mol. The Hall–Kier alpha value is -1.47. The molecule has 1 aliphatic rings. The van der Waals surface area contributed by atoms with E-state index in [1.165, 1.54) is 5.38 Å². The van der Waals surface area contributed by atoms with Crippen LogP contribution in [-0.4, -0.2) is 64.5 Å². The molecule has 1 amide bonds. The Labute approximate surface area is 122 Å². The van der Waals surface area contributed by atoms with E-state index in [0.29, 0.717) is 0 Å². The van der Waals surface area contributed by atoms with Crippen molar-refractivity contribution >= 4 is 23.2 Å². The minimum atomic E-state index is -1.10. The zero-order valence-corrected chi connectivity index (χ0v) is 12.5. The lowest BCUT2D eigenvalue weighted by Crippen LogP contribution is -2.45. The molecule has 0 aromatic carbocycles. The highest BCUT2D eigenvalue weighted by atomic mass is 32.1. The van der Waals surface area contributed by atoms with Crippen LogP contribution in [0.3, 0.4) is 0 Å². The summed E-state index contributed by atoms with van der Waals surface area (Å²) in [5, 5.41) is 10.5. The first kappa shape index (κ1) is 14.9. The maximum absolute atomic E-state index is 12.3. The monoisotopic (exact) mass is 297 g/mol. The highest BCUT2D eigenvalue weighted by Gasteiger charge is 2.27. The van der Waals surface area contributed by atoms with Crippen molar-refractivity contribution in [1.29, 1.82) is 0 Å². The number of hydrogen-bond acceptors (Lipinski definition) is 5. The number of carboxylic acid groups (broad SMARTS) is 1. The Kier molecular flexibility index (Phi) is 4.72. The van der Waals surface area contributed by atoms with Crippen LogP contribution in [0.25, 0.3) is 0 Å². The van der Waals surface area contributed by atoms with Crippen molar-refractivity contribution in [3.63, 3.8) is 0 Å². The summed E-state index contributed by atoms with van der Waals surface area (Å²) in [7, 11) is 1.77. The van der Waals surface area contributed by atoms with Gasteiger partial charge in [0, 0.05) is 31.6 Å². The van der Waals surface area contributed by atoms with E-state index in [2.05, 4.69) is 16.8 Å². The van der Waals surface area contributed by atoms with Gasteiger partial charge in [-0.3, -0.25) is 4.79 Å². The summed E-state index contributed by atoms with van der Waals surface area (Å²) in [6.45, 7) is 5.17. The normalized spacial score (nSPS) is 17.1. The first-order valence-corrected chi connectivity index (χ1v) is 7.59. The molecule has 1 aliphatic heterocycles. The van der Waals surface area contributed by atoms with Crippen LogP contribution in [0.2, 0.25) is 0 Å². The number of carbonyl (C=O) groups is 2. The van der Waals surface area contributed by atoms with Gasteiger partial charge in [-0.1, -0.05) is 6.92 Å². The van der Waals surface area contributed by atoms with E-state index in [4.69, 9.17) is 5.11 Å². The Balaban J connectivity index is 1.99. The molecule has 1 saturated heterocycles. The number of nitrogens with zero attached hydrogens (tertiary/aromatic N) is 3. The summed E-state index contributed by atoms with van der Waals surface area (Å²) in [5.41, 5.74) is -0.0625. The van der Waals surface area contributed by atoms with Crippen LogP contribution in [0.15, 0.2) is 5.38 Å². The lowest BCUT2D eigenvalue weighted by Gasteiger charge is -2.35. The van der Waals surface area contributed by atoms with Gasteiger partial charge in [0.25, 0.3) is 5.91 Å². The summed E-state index contributed by atoms with van der Waals surface area (Å²) in [6, 6.07) is 0.211. The number of likely N-dealkylation sites (tertiary alicyclic amines) is 1. The molecule has 1 N–H and O–H groups in total. The Morgan fingerprint density at radius 1 is 1.50 bits per heavy atom. The van der Waals surface area contributed by atoms with Crippen LogP contribution < -0.4 is 0 Å². The van der Waals surface area contributed by atoms with Gasteiger partial charge in [0.15, 0.2) is 10.7 Å². The summed E-state index contributed by atoms with van der Waals surface area (Å²) in [4.78, 5) is 31.0. The SMILES string of the molecule is CCN1CCC(N(C)C(=O)c2nc(C(=O)O)cs2)CC1. The zero-order valence-electron chi connectivity index (χ0n) is 11.7. The Morgan fingerprint density at radius 2 is 2.15 bits per heavy atom. The van der Waals surface area contributed by atoms with Crippen molar-refractivity contribution in [3.05, 3.63) is 16.1 Å². The largest absolute Gasteiger partial charge is 0.476 e. The molecule has 0 bridgehead atoms. The molecule has 1 aromatic rings. The maximum atomic E-state index is 12.3. The predicted molar refractivity (Wildman–Crippen MR) is 76.3 cm³/mol. The van der Waals surface area contributed by atoms with Crippen LogP contribution in [0, 0.1) is 0 Å². The molecule has 1 aromatic heterocycles. The van der Waals surface area contributed by atoms with Crippen molar-refractivity contribution in [1.82, 2.24) is 14.8 Å². The highest BCUT2D eigenvalue weighted by Crippen LogP contribution is 2.19. The summed E-state index contributed by atoms with van der Waals surface area (Å²) >= 11 is 1.09. The number of piperidine rings is 1. The van der Waals surface area contributed by atoms with Gasteiger partial charge in [0.2, 0.25) is 0 Å². The number of carbonyl (C=O) groups excluding carboxylic acids is 1. The highest BCUT2D eigenvalue weighted by molar-refractivity contribution is 7.11. The van der Waals surface area contributed by atoms with Gasteiger partial charge in [-0.05, 0) is 19.4 Å². The van der Waals surface area contributed by atoms with E-state index in [-0.39, 0.29) is 22.7 Å². The average Bonchev–Trinajstić information content (AvgIpc) is 2.96. The molecule has 2 heterocycles. The molecule has 0 aliphatic carbocycles. The molecule has 7 heteroatoms. The number of amides is 1. The second kappa shape index (κ2) is 6.32. The summed E-state index contributed by atoms with van der Waals surface area (Å²) in [5.74, 6) is -1.28. The van der Waals surface area contributed by atoms with Gasteiger partial charge < -0.3 is 14.9 Å². The zero-order chi connectivity index (χ0) is 14.7. The first-order valence-electron chi connectivity index (χ1n) is 6.71. The smallest absolute Gasteiger partial charge is 0.355 e. The van der Waals surface area contributed by atoms with Gasteiger partial charge >= 0.3 is 5.97 Å². The topological polar surface area (TPSA) is 73.7 Å². The lowest BCUT2D eigenvalue weighted by molar-refractivity contribution is 0.0646. The van der Waals surface area contributed by atoms with Crippen molar-refractivity contribution < 1.29 is 14.7 Å². The second-order valence-electron chi connectivity index (χ2n) is 4.92. The van der Waals surface area contributed by atoms with Gasteiger partial charge in [-0.2, -0.15) is 0 Å². The van der Waals surface area contributed by atoms with E-state index in [9.17, 15) is 9.59 Å². The van der Waals surface area contributed by atoms with Crippen molar-refractivity contribution in [2.75, 3.05) is 26.7 Å². The van der Waals surface area contributed by atoms with E-state index in [1.54, 1.807) is 11.9 Å². The van der Waals surface area contributed by atoms with Crippen molar-refractivity contribution in [2.24, 2.45) is 0 Å². The number of hydrogen-bond donors (Lipinski definition) is 1. The third-order valence-electron chi connectivity index (χ3n) is 3.78. The number of aromatic carboxylic acids is 1. The summed E-state index contributed by atoms with van der Waals surface area (Å²) < 4.78 is 0. The maximum Gasteiger partial charge on any atom is 0.355 e. The fourth-order valence-corrected chi connectivity index (χ4v) is 3.18. The molecule has 0 unspecified atom stereocenters. The third-order valence-corrected chi connectivity index (χ3v) is 4.61. The first-order chi connectivity index (χ1) is 9.52. The molecular formula is C13H19N3O3S. The molecule has 0 saturated carbocycles. The quantitative estimate of drug-likeness (QED) is 0.909. The summed E-state index contributed by atoms with van der Waals surface area (Å²) in [6.07, 6.45) is 1.90. The number of thiazole rings is 1. The molecule has 0 atom stereocenters. The third kappa shape index (κ3) is 3.16. The van der Waals surface area contributed by atoms with Gasteiger partial charge in [-0.15, -0.1) is 11.3 Å². The van der Waals surface area contributed by atoms with Crippen LogP contribution in [0.4, 0.5) is 0 Å². The fraction of sp³-hybridized carbons (Fsp3) is 0.615. The van der Waals surface area contributed by atoms with Gasteiger partial charge in [0.1, 0.15) is 0 Å². The molecule has 110 valence electrons. The molecule has 0 spiro atoms. The second-order valence-corrected chi connectivity index (χ2v) is 5.78. The van der Waals surface area contributed by atoms with E-state index in [1.807, 2.05) is 0 Å². The molecule has 1 fully saturated rings.